The molecular formula is C8H4F3N3O. The van der Waals surface area contributed by atoms with Crippen LogP contribution in [0.2, 0.25) is 0 Å². The maximum atomic E-state index is 12.3. The van der Waals surface area contributed by atoms with Gasteiger partial charge in [0, 0.05) is 5.39 Å². The van der Waals surface area contributed by atoms with Crippen LogP contribution in [-0.4, -0.2) is 15.2 Å². The van der Waals surface area contributed by atoms with Crippen LogP contribution in [0, 0.1) is 0 Å². The summed E-state index contributed by atoms with van der Waals surface area (Å²) in [4.78, 5) is 14.3. The Morgan fingerprint density at radius 2 is 2.00 bits per heavy atom. The molecule has 0 unspecified atom stereocenters. The van der Waals surface area contributed by atoms with E-state index in [1.807, 2.05) is 5.10 Å². The molecule has 0 amide bonds. The van der Waals surface area contributed by atoms with E-state index in [9.17, 15) is 18.0 Å². The Balaban J connectivity index is 2.76. The molecule has 0 saturated carbocycles. The van der Waals surface area contributed by atoms with Gasteiger partial charge in [0.05, 0.1) is 6.20 Å². The summed E-state index contributed by atoms with van der Waals surface area (Å²) >= 11 is 0. The molecule has 1 N–H and O–H groups in total. The monoisotopic (exact) mass is 215 g/mol. The number of rotatable bonds is 0. The molecule has 78 valence electrons. The number of alkyl halides is 3. The summed E-state index contributed by atoms with van der Waals surface area (Å²) in [5, 5.41) is 5.73. The van der Waals surface area contributed by atoms with E-state index in [0.717, 1.165) is 12.1 Å². The fraction of sp³-hybridized carbons (Fsp3) is 0.125. The average molecular weight is 215 g/mol. The third-order valence-electron chi connectivity index (χ3n) is 1.80. The van der Waals surface area contributed by atoms with Crippen molar-refractivity contribution in [2.24, 2.45) is 0 Å². The van der Waals surface area contributed by atoms with Crippen LogP contribution in [0.5, 0.6) is 0 Å². The Hall–Kier alpha value is -1.92. The van der Waals surface area contributed by atoms with Crippen molar-refractivity contribution < 1.29 is 13.2 Å². The van der Waals surface area contributed by atoms with Gasteiger partial charge in [-0.3, -0.25) is 4.79 Å². The lowest BCUT2D eigenvalue weighted by atomic mass is 10.2. The topological polar surface area (TPSA) is 58.6 Å². The number of pyridine rings is 1. The Kier molecular flexibility index (Phi) is 1.95. The van der Waals surface area contributed by atoms with Gasteiger partial charge in [-0.25, -0.2) is 10.1 Å². The third kappa shape index (κ3) is 1.67. The number of halogens is 3. The SMILES string of the molecule is O=c1[nH]ncc2ccc(C(F)(F)F)nc12. The molecule has 2 heterocycles. The average Bonchev–Trinajstić information content (AvgIpc) is 2.16. The smallest absolute Gasteiger partial charge is 0.266 e. The van der Waals surface area contributed by atoms with Gasteiger partial charge >= 0.3 is 6.18 Å². The first-order valence-electron chi connectivity index (χ1n) is 3.90. The summed E-state index contributed by atoms with van der Waals surface area (Å²) in [6, 6.07) is 1.97. The van der Waals surface area contributed by atoms with Crippen LogP contribution in [0.15, 0.2) is 23.1 Å². The van der Waals surface area contributed by atoms with Crippen molar-refractivity contribution >= 4 is 10.9 Å². The molecule has 0 aromatic carbocycles. The van der Waals surface area contributed by atoms with Gasteiger partial charge in [0.25, 0.3) is 5.56 Å². The summed E-state index contributed by atoms with van der Waals surface area (Å²) in [6.07, 6.45) is -3.31. The molecule has 0 spiro atoms. The quantitative estimate of drug-likeness (QED) is 0.721. The largest absolute Gasteiger partial charge is 0.433 e. The summed E-state index contributed by atoms with van der Waals surface area (Å²) in [5.41, 5.74) is -2.09. The van der Waals surface area contributed by atoms with Gasteiger partial charge in [-0.2, -0.15) is 18.3 Å². The Morgan fingerprint density at radius 1 is 1.27 bits per heavy atom. The number of H-pyrrole nitrogens is 1. The molecule has 0 atom stereocenters. The van der Waals surface area contributed by atoms with Gasteiger partial charge < -0.3 is 0 Å². The first kappa shape index (κ1) is 9.63. The minimum absolute atomic E-state index is 0.264. The molecule has 7 heteroatoms. The molecule has 0 bridgehead atoms. The highest BCUT2D eigenvalue weighted by molar-refractivity contribution is 5.76. The van der Waals surface area contributed by atoms with E-state index in [0.29, 0.717) is 0 Å². The van der Waals surface area contributed by atoms with E-state index in [4.69, 9.17) is 0 Å². The van der Waals surface area contributed by atoms with Crippen molar-refractivity contribution in [3.05, 3.63) is 34.4 Å². The zero-order valence-electron chi connectivity index (χ0n) is 7.17. The first-order valence-corrected chi connectivity index (χ1v) is 3.90. The lowest BCUT2D eigenvalue weighted by molar-refractivity contribution is -0.140. The van der Waals surface area contributed by atoms with Crippen molar-refractivity contribution in [2.75, 3.05) is 0 Å². The molecule has 15 heavy (non-hydrogen) atoms. The molecule has 2 aromatic heterocycles. The minimum atomic E-state index is -4.55. The summed E-state index contributed by atoms with van der Waals surface area (Å²) in [5.74, 6) is 0. The predicted octanol–water partition coefficient (Wildman–Crippen LogP) is 1.34. The molecule has 2 aromatic rings. The molecule has 0 aliphatic rings. The fourth-order valence-corrected chi connectivity index (χ4v) is 1.13. The standard InChI is InChI=1S/C8H4F3N3O/c9-8(10,11)5-2-1-4-3-12-14-7(15)6(4)13-5/h1-3H,(H,14,15). The van der Waals surface area contributed by atoms with Crippen LogP contribution in [0.1, 0.15) is 5.69 Å². The van der Waals surface area contributed by atoms with E-state index < -0.39 is 17.4 Å². The normalized spacial score (nSPS) is 11.9. The predicted molar refractivity (Wildman–Crippen MR) is 45.2 cm³/mol. The number of aromatic amines is 1. The van der Waals surface area contributed by atoms with Crippen LogP contribution in [0.25, 0.3) is 10.9 Å². The van der Waals surface area contributed by atoms with E-state index in [-0.39, 0.29) is 10.9 Å². The zero-order chi connectivity index (χ0) is 11.1. The highest BCUT2D eigenvalue weighted by Crippen LogP contribution is 2.27. The zero-order valence-corrected chi connectivity index (χ0v) is 7.17. The number of nitrogens with one attached hydrogen (secondary N) is 1. The molecule has 0 fully saturated rings. The maximum Gasteiger partial charge on any atom is 0.433 e. The van der Waals surface area contributed by atoms with Gasteiger partial charge in [-0.05, 0) is 12.1 Å². The number of aromatic nitrogens is 3. The van der Waals surface area contributed by atoms with Crippen LogP contribution < -0.4 is 5.56 Å². The molecule has 0 aliphatic heterocycles. The van der Waals surface area contributed by atoms with Crippen LogP contribution in [0.3, 0.4) is 0 Å². The number of hydrogen-bond donors (Lipinski definition) is 1. The van der Waals surface area contributed by atoms with Crippen molar-refractivity contribution in [1.82, 2.24) is 15.2 Å². The van der Waals surface area contributed by atoms with Crippen molar-refractivity contribution in [1.29, 1.82) is 0 Å². The highest BCUT2D eigenvalue weighted by atomic mass is 19.4. The summed E-state index contributed by atoms with van der Waals surface area (Å²) in [7, 11) is 0. The minimum Gasteiger partial charge on any atom is -0.266 e. The molecule has 2 rings (SSSR count). The Labute approximate surface area is 80.8 Å². The van der Waals surface area contributed by atoms with Crippen LogP contribution in [-0.2, 0) is 6.18 Å². The van der Waals surface area contributed by atoms with Crippen LogP contribution in [0.4, 0.5) is 13.2 Å². The first-order chi connectivity index (χ1) is 6.98. The maximum absolute atomic E-state index is 12.3. The van der Waals surface area contributed by atoms with Crippen molar-refractivity contribution in [3.63, 3.8) is 0 Å². The van der Waals surface area contributed by atoms with Gasteiger partial charge in [-0.15, -0.1) is 0 Å². The second kappa shape index (κ2) is 3.04. The van der Waals surface area contributed by atoms with E-state index >= 15 is 0 Å². The number of hydrogen-bond acceptors (Lipinski definition) is 3. The molecule has 0 saturated heterocycles. The summed E-state index contributed by atoms with van der Waals surface area (Å²) in [6.45, 7) is 0. The second-order valence-electron chi connectivity index (χ2n) is 2.83. The molecule has 0 aliphatic carbocycles. The van der Waals surface area contributed by atoms with E-state index in [1.165, 1.54) is 6.20 Å². The third-order valence-corrected chi connectivity index (χ3v) is 1.80. The Bertz CT molecular complexity index is 561. The van der Waals surface area contributed by atoms with Crippen molar-refractivity contribution in [3.8, 4) is 0 Å². The van der Waals surface area contributed by atoms with Gasteiger partial charge in [0.1, 0.15) is 11.2 Å². The molecular weight excluding hydrogens is 211 g/mol. The molecule has 0 radical (unpaired) electrons. The fourth-order valence-electron chi connectivity index (χ4n) is 1.13. The second-order valence-corrected chi connectivity index (χ2v) is 2.83. The lowest BCUT2D eigenvalue weighted by Crippen LogP contribution is -2.13. The number of nitrogens with zero attached hydrogens (tertiary/aromatic N) is 2. The van der Waals surface area contributed by atoms with Crippen LogP contribution >= 0.6 is 0 Å². The van der Waals surface area contributed by atoms with Gasteiger partial charge in [0.2, 0.25) is 0 Å². The lowest BCUT2D eigenvalue weighted by Gasteiger charge is -2.05. The Morgan fingerprint density at radius 3 is 2.67 bits per heavy atom. The molecule has 4 nitrogen and oxygen atoms in total. The highest BCUT2D eigenvalue weighted by Gasteiger charge is 2.32. The van der Waals surface area contributed by atoms with Gasteiger partial charge in [0.15, 0.2) is 0 Å². The number of fused-ring (bicyclic) bond motifs is 1. The van der Waals surface area contributed by atoms with Crippen molar-refractivity contribution in [2.45, 2.75) is 6.18 Å². The van der Waals surface area contributed by atoms with E-state index in [1.54, 1.807) is 0 Å². The van der Waals surface area contributed by atoms with Gasteiger partial charge in [-0.1, -0.05) is 0 Å². The van der Waals surface area contributed by atoms with E-state index in [2.05, 4.69) is 10.1 Å². The summed E-state index contributed by atoms with van der Waals surface area (Å²) < 4.78 is 36.8.